The molecule has 19 heavy (non-hydrogen) atoms. The number of hydrogen-bond donors (Lipinski definition) is 1. The summed E-state index contributed by atoms with van der Waals surface area (Å²) in [5, 5.41) is 8.24. The molecule has 110 valence electrons. The number of aryl methyl sites for hydroxylation is 2. The van der Waals surface area contributed by atoms with Gasteiger partial charge in [0, 0.05) is 19.4 Å². The Balaban J connectivity index is 2.82. The van der Waals surface area contributed by atoms with E-state index >= 15 is 0 Å². The molecule has 1 heterocycles. The van der Waals surface area contributed by atoms with Crippen molar-refractivity contribution in [1.82, 2.24) is 20.1 Å². The van der Waals surface area contributed by atoms with Gasteiger partial charge in [-0.25, -0.2) is 9.67 Å². The standard InChI is InChI=1S/C15H30N4/c1-7-14-17-15(8-2)19(18-14)13(12(5)6)10-16-9-11(3)4/h11-13,16H,7-10H2,1-6H3. The lowest BCUT2D eigenvalue weighted by Gasteiger charge is -2.23. The monoisotopic (exact) mass is 266 g/mol. The fraction of sp³-hybridized carbons (Fsp3) is 0.867. The number of nitrogens with one attached hydrogen (secondary N) is 1. The summed E-state index contributed by atoms with van der Waals surface area (Å²) in [6.45, 7) is 15.3. The van der Waals surface area contributed by atoms with Crippen LogP contribution in [0.1, 0.15) is 59.2 Å². The van der Waals surface area contributed by atoms with E-state index in [9.17, 15) is 0 Å². The Morgan fingerprint density at radius 2 is 1.74 bits per heavy atom. The minimum absolute atomic E-state index is 0.390. The first-order valence-corrected chi connectivity index (χ1v) is 7.64. The number of nitrogens with zero attached hydrogens (tertiary/aromatic N) is 3. The summed E-state index contributed by atoms with van der Waals surface area (Å²) in [7, 11) is 0. The Hall–Kier alpha value is -0.900. The molecule has 4 heteroatoms. The Bertz CT molecular complexity index is 368. The molecule has 0 aromatic carbocycles. The quantitative estimate of drug-likeness (QED) is 0.787. The van der Waals surface area contributed by atoms with Crippen molar-refractivity contribution >= 4 is 0 Å². The SMILES string of the molecule is CCc1nc(CC)n(C(CNCC(C)C)C(C)C)n1. The van der Waals surface area contributed by atoms with Crippen molar-refractivity contribution in [1.29, 1.82) is 0 Å². The molecule has 1 N–H and O–H groups in total. The Morgan fingerprint density at radius 3 is 2.21 bits per heavy atom. The fourth-order valence-corrected chi connectivity index (χ4v) is 2.19. The Labute approximate surface area is 118 Å². The second kappa shape index (κ2) is 7.63. The van der Waals surface area contributed by atoms with Crippen LogP contribution in [0.3, 0.4) is 0 Å². The summed E-state index contributed by atoms with van der Waals surface area (Å²) >= 11 is 0. The number of aromatic nitrogens is 3. The van der Waals surface area contributed by atoms with Gasteiger partial charge in [0.15, 0.2) is 5.82 Å². The first-order valence-electron chi connectivity index (χ1n) is 7.64. The summed E-state index contributed by atoms with van der Waals surface area (Å²) in [4.78, 5) is 4.62. The maximum absolute atomic E-state index is 4.68. The van der Waals surface area contributed by atoms with Crippen LogP contribution in [-0.2, 0) is 12.8 Å². The van der Waals surface area contributed by atoms with Crippen LogP contribution in [0.5, 0.6) is 0 Å². The largest absolute Gasteiger partial charge is 0.314 e. The molecule has 0 spiro atoms. The highest BCUT2D eigenvalue weighted by atomic mass is 15.4. The summed E-state index contributed by atoms with van der Waals surface area (Å²) in [5.41, 5.74) is 0. The van der Waals surface area contributed by atoms with Gasteiger partial charge in [-0.2, -0.15) is 5.10 Å². The zero-order chi connectivity index (χ0) is 14.4. The number of rotatable bonds is 8. The fourth-order valence-electron chi connectivity index (χ4n) is 2.19. The minimum Gasteiger partial charge on any atom is -0.314 e. The first-order chi connectivity index (χ1) is 8.99. The molecule has 0 fully saturated rings. The minimum atomic E-state index is 0.390. The maximum Gasteiger partial charge on any atom is 0.150 e. The molecule has 4 nitrogen and oxygen atoms in total. The average Bonchev–Trinajstić information content (AvgIpc) is 2.76. The smallest absolute Gasteiger partial charge is 0.150 e. The van der Waals surface area contributed by atoms with Gasteiger partial charge >= 0.3 is 0 Å². The molecule has 1 aromatic heterocycles. The lowest BCUT2D eigenvalue weighted by atomic mass is 10.0. The van der Waals surface area contributed by atoms with E-state index in [0.717, 1.165) is 37.6 Å². The molecule has 0 amide bonds. The van der Waals surface area contributed by atoms with Crippen molar-refractivity contribution in [3.8, 4) is 0 Å². The van der Waals surface area contributed by atoms with Crippen molar-refractivity contribution < 1.29 is 0 Å². The molecule has 0 aliphatic heterocycles. The predicted octanol–water partition coefficient (Wildman–Crippen LogP) is 2.85. The van der Waals surface area contributed by atoms with Crippen molar-refractivity contribution in [3.05, 3.63) is 11.6 Å². The van der Waals surface area contributed by atoms with Crippen LogP contribution in [0, 0.1) is 11.8 Å². The van der Waals surface area contributed by atoms with Crippen LogP contribution in [0.25, 0.3) is 0 Å². The highest BCUT2D eigenvalue weighted by molar-refractivity contribution is 4.95. The molecule has 0 saturated carbocycles. The zero-order valence-corrected chi connectivity index (χ0v) is 13.4. The molecule has 0 aliphatic rings. The van der Waals surface area contributed by atoms with Gasteiger partial charge in [-0.1, -0.05) is 41.5 Å². The van der Waals surface area contributed by atoms with Gasteiger partial charge < -0.3 is 5.32 Å². The Kier molecular flexibility index (Phi) is 6.49. The molecule has 1 unspecified atom stereocenters. The van der Waals surface area contributed by atoms with Gasteiger partial charge in [0.25, 0.3) is 0 Å². The third-order valence-corrected chi connectivity index (χ3v) is 3.37. The normalized spacial score (nSPS) is 13.5. The second-order valence-electron chi connectivity index (χ2n) is 5.96. The van der Waals surface area contributed by atoms with Crippen LogP contribution in [0.15, 0.2) is 0 Å². The van der Waals surface area contributed by atoms with E-state index in [1.54, 1.807) is 0 Å². The molecule has 0 aliphatic carbocycles. The van der Waals surface area contributed by atoms with Gasteiger partial charge in [-0.3, -0.25) is 0 Å². The van der Waals surface area contributed by atoms with Gasteiger partial charge in [0.05, 0.1) is 6.04 Å². The van der Waals surface area contributed by atoms with E-state index in [4.69, 9.17) is 0 Å². The van der Waals surface area contributed by atoms with Crippen LogP contribution < -0.4 is 5.32 Å². The van der Waals surface area contributed by atoms with Crippen LogP contribution in [-0.4, -0.2) is 27.9 Å². The molecule has 1 aromatic rings. The summed E-state index contributed by atoms with van der Waals surface area (Å²) in [5.74, 6) is 3.31. The van der Waals surface area contributed by atoms with Gasteiger partial charge in [0.2, 0.25) is 0 Å². The predicted molar refractivity (Wildman–Crippen MR) is 80.4 cm³/mol. The first kappa shape index (κ1) is 16.2. The molecule has 1 atom stereocenters. The van der Waals surface area contributed by atoms with E-state index in [1.165, 1.54) is 0 Å². The Morgan fingerprint density at radius 1 is 1.05 bits per heavy atom. The summed E-state index contributed by atoms with van der Waals surface area (Å²) < 4.78 is 2.15. The van der Waals surface area contributed by atoms with Crippen molar-refractivity contribution in [2.45, 2.75) is 60.4 Å². The topological polar surface area (TPSA) is 42.7 Å². The maximum atomic E-state index is 4.68. The lowest BCUT2D eigenvalue weighted by molar-refractivity contribution is 0.315. The van der Waals surface area contributed by atoms with Gasteiger partial charge in [0.1, 0.15) is 5.82 Å². The second-order valence-corrected chi connectivity index (χ2v) is 5.96. The van der Waals surface area contributed by atoms with E-state index < -0.39 is 0 Å². The number of hydrogen-bond acceptors (Lipinski definition) is 3. The lowest BCUT2D eigenvalue weighted by Crippen LogP contribution is -2.32. The van der Waals surface area contributed by atoms with E-state index in [2.05, 4.69) is 61.6 Å². The zero-order valence-electron chi connectivity index (χ0n) is 13.4. The van der Waals surface area contributed by atoms with E-state index in [1.807, 2.05) is 0 Å². The molecule has 0 bridgehead atoms. The summed E-state index contributed by atoms with van der Waals surface area (Å²) in [6.07, 6.45) is 1.85. The molecule has 0 saturated heterocycles. The molecule has 1 rings (SSSR count). The third-order valence-electron chi connectivity index (χ3n) is 3.37. The summed E-state index contributed by atoms with van der Waals surface area (Å²) in [6, 6.07) is 0.390. The van der Waals surface area contributed by atoms with Crippen molar-refractivity contribution in [3.63, 3.8) is 0 Å². The molecular weight excluding hydrogens is 236 g/mol. The van der Waals surface area contributed by atoms with Crippen LogP contribution >= 0.6 is 0 Å². The molecular formula is C15H30N4. The highest BCUT2D eigenvalue weighted by Gasteiger charge is 2.20. The van der Waals surface area contributed by atoms with Crippen molar-refractivity contribution in [2.75, 3.05) is 13.1 Å². The highest BCUT2D eigenvalue weighted by Crippen LogP contribution is 2.18. The van der Waals surface area contributed by atoms with Crippen molar-refractivity contribution in [2.24, 2.45) is 11.8 Å². The van der Waals surface area contributed by atoms with Crippen LogP contribution in [0.4, 0.5) is 0 Å². The van der Waals surface area contributed by atoms with E-state index in [-0.39, 0.29) is 0 Å². The van der Waals surface area contributed by atoms with Gasteiger partial charge in [-0.15, -0.1) is 0 Å². The molecule has 0 radical (unpaired) electrons. The average molecular weight is 266 g/mol. The van der Waals surface area contributed by atoms with E-state index in [0.29, 0.717) is 17.9 Å². The van der Waals surface area contributed by atoms with Crippen LogP contribution in [0.2, 0.25) is 0 Å². The van der Waals surface area contributed by atoms with Gasteiger partial charge in [-0.05, 0) is 18.4 Å². The third kappa shape index (κ3) is 4.60.